The number of anilines is 1. The van der Waals surface area contributed by atoms with Crippen molar-refractivity contribution in [2.75, 3.05) is 18.0 Å². The number of hydrogen-bond donors (Lipinski definition) is 0. The van der Waals surface area contributed by atoms with Crippen LogP contribution >= 0.6 is 0 Å². The Morgan fingerprint density at radius 3 is 2.62 bits per heavy atom. The van der Waals surface area contributed by atoms with Crippen LogP contribution < -0.4 is 4.90 Å². The number of hydrogen-bond acceptors (Lipinski definition) is 2. The zero-order valence-corrected chi connectivity index (χ0v) is 17.5. The van der Waals surface area contributed by atoms with Gasteiger partial charge >= 0.3 is 0 Å². The Bertz CT molecular complexity index is 957. The number of pyridine rings is 1. The molecule has 150 valence electrons. The van der Waals surface area contributed by atoms with Crippen LogP contribution in [0.25, 0.3) is 10.8 Å². The molecule has 0 unspecified atom stereocenters. The normalized spacial score (nSPS) is 14.2. The van der Waals surface area contributed by atoms with E-state index in [0.717, 1.165) is 32.4 Å². The average molecular weight is 386 g/mol. The van der Waals surface area contributed by atoms with Crippen molar-refractivity contribution < 1.29 is 0 Å². The maximum absolute atomic E-state index is 5.10. The van der Waals surface area contributed by atoms with Gasteiger partial charge in [-0.05, 0) is 48.8 Å². The SMILES string of the molecule is CCCCCCN1C(=NCCCCc2cccnc2)c2cccc3cccc1c23. The van der Waals surface area contributed by atoms with Gasteiger partial charge in [0.25, 0.3) is 0 Å². The summed E-state index contributed by atoms with van der Waals surface area (Å²) in [5.74, 6) is 1.18. The molecule has 0 saturated carbocycles. The first-order valence-corrected chi connectivity index (χ1v) is 11.1. The number of benzene rings is 2. The summed E-state index contributed by atoms with van der Waals surface area (Å²) in [4.78, 5) is 11.8. The van der Waals surface area contributed by atoms with Gasteiger partial charge in [-0.1, -0.05) is 62.6 Å². The molecule has 0 atom stereocenters. The second-order valence-electron chi connectivity index (χ2n) is 7.92. The zero-order chi connectivity index (χ0) is 19.9. The Balaban J connectivity index is 1.47. The van der Waals surface area contributed by atoms with E-state index in [0.29, 0.717) is 0 Å². The molecular formula is C26H31N3. The van der Waals surface area contributed by atoms with Crippen molar-refractivity contribution in [1.82, 2.24) is 4.98 Å². The van der Waals surface area contributed by atoms with E-state index in [9.17, 15) is 0 Å². The van der Waals surface area contributed by atoms with Crippen molar-refractivity contribution in [1.29, 1.82) is 0 Å². The molecule has 0 amide bonds. The predicted octanol–water partition coefficient (Wildman–Crippen LogP) is 6.40. The Labute approximate surface area is 174 Å². The molecule has 0 aliphatic carbocycles. The third-order valence-electron chi connectivity index (χ3n) is 5.76. The first-order valence-electron chi connectivity index (χ1n) is 11.1. The van der Waals surface area contributed by atoms with Gasteiger partial charge in [0.05, 0.1) is 5.69 Å². The van der Waals surface area contributed by atoms with Crippen LogP contribution in [0.5, 0.6) is 0 Å². The van der Waals surface area contributed by atoms with E-state index in [4.69, 9.17) is 4.99 Å². The molecule has 0 bridgehead atoms. The van der Waals surface area contributed by atoms with E-state index >= 15 is 0 Å². The fourth-order valence-corrected chi connectivity index (χ4v) is 4.26. The molecule has 2 aromatic carbocycles. The molecule has 1 aromatic heterocycles. The molecule has 2 heterocycles. The highest BCUT2D eigenvalue weighted by Crippen LogP contribution is 2.37. The lowest BCUT2D eigenvalue weighted by Gasteiger charge is -2.21. The lowest BCUT2D eigenvalue weighted by Crippen LogP contribution is -2.29. The minimum absolute atomic E-state index is 0.880. The summed E-state index contributed by atoms with van der Waals surface area (Å²) < 4.78 is 0. The third kappa shape index (κ3) is 4.50. The van der Waals surface area contributed by atoms with Crippen LogP contribution in [0.3, 0.4) is 0 Å². The molecular weight excluding hydrogens is 354 g/mol. The van der Waals surface area contributed by atoms with Crippen LogP contribution in [-0.2, 0) is 6.42 Å². The van der Waals surface area contributed by atoms with Gasteiger partial charge in [0, 0.05) is 36.4 Å². The van der Waals surface area contributed by atoms with Crippen LogP contribution in [0.15, 0.2) is 65.9 Å². The summed E-state index contributed by atoms with van der Waals surface area (Å²) in [5, 5.41) is 2.69. The minimum atomic E-state index is 0.880. The fraction of sp³-hybridized carbons (Fsp3) is 0.385. The Morgan fingerprint density at radius 1 is 0.897 bits per heavy atom. The van der Waals surface area contributed by atoms with Gasteiger partial charge in [0.1, 0.15) is 5.84 Å². The van der Waals surface area contributed by atoms with Crippen molar-refractivity contribution in [3.63, 3.8) is 0 Å². The monoisotopic (exact) mass is 385 g/mol. The summed E-state index contributed by atoms with van der Waals surface area (Å²) in [6.45, 7) is 4.21. The molecule has 0 fully saturated rings. The summed E-state index contributed by atoms with van der Waals surface area (Å²) >= 11 is 0. The Kier molecular flexibility index (Phi) is 6.56. The Hall–Kier alpha value is -2.68. The molecule has 0 spiro atoms. The molecule has 3 nitrogen and oxygen atoms in total. The van der Waals surface area contributed by atoms with E-state index in [1.165, 1.54) is 59.1 Å². The topological polar surface area (TPSA) is 28.5 Å². The van der Waals surface area contributed by atoms with Crippen molar-refractivity contribution >= 4 is 22.3 Å². The van der Waals surface area contributed by atoms with Gasteiger partial charge in [-0.25, -0.2) is 0 Å². The molecule has 4 rings (SSSR count). The molecule has 29 heavy (non-hydrogen) atoms. The first-order chi connectivity index (χ1) is 14.4. The van der Waals surface area contributed by atoms with Gasteiger partial charge in [0.15, 0.2) is 0 Å². The fourth-order valence-electron chi connectivity index (χ4n) is 4.26. The number of aliphatic imine (C=N–C) groups is 1. The van der Waals surface area contributed by atoms with Crippen LogP contribution in [0.2, 0.25) is 0 Å². The lowest BCUT2D eigenvalue weighted by molar-refractivity contribution is 0.671. The molecule has 0 radical (unpaired) electrons. The maximum Gasteiger partial charge on any atom is 0.136 e. The largest absolute Gasteiger partial charge is 0.326 e. The highest BCUT2D eigenvalue weighted by molar-refractivity contribution is 6.27. The van der Waals surface area contributed by atoms with E-state index in [1.54, 1.807) is 0 Å². The molecule has 1 aliphatic heterocycles. The predicted molar refractivity (Wildman–Crippen MR) is 124 cm³/mol. The number of amidine groups is 1. The maximum atomic E-state index is 5.10. The average Bonchev–Trinajstić information content (AvgIpc) is 3.07. The number of aryl methyl sites for hydroxylation is 1. The Morgan fingerprint density at radius 2 is 1.79 bits per heavy atom. The first kappa shape index (κ1) is 19.6. The highest BCUT2D eigenvalue weighted by Gasteiger charge is 2.27. The molecule has 0 N–H and O–H groups in total. The quantitative estimate of drug-likeness (QED) is 0.378. The van der Waals surface area contributed by atoms with E-state index in [2.05, 4.69) is 59.3 Å². The molecule has 3 heteroatoms. The van der Waals surface area contributed by atoms with E-state index in [1.807, 2.05) is 18.5 Å². The van der Waals surface area contributed by atoms with Crippen LogP contribution in [0.1, 0.15) is 56.6 Å². The molecule has 0 saturated heterocycles. The van der Waals surface area contributed by atoms with Gasteiger partial charge in [0.2, 0.25) is 0 Å². The van der Waals surface area contributed by atoms with Gasteiger partial charge < -0.3 is 4.90 Å². The van der Waals surface area contributed by atoms with Crippen LogP contribution in [0.4, 0.5) is 5.69 Å². The van der Waals surface area contributed by atoms with Crippen molar-refractivity contribution in [3.05, 3.63) is 72.1 Å². The summed E-state index contributed by atoms with van der Waals surface area (Å²) in [6, 6.07) is 17.5. The van der Waals surface area contributed by atoms with Crippen molar-refractivity contribution in [3.8, 4) is 0 Å². The third-order valence-corrected chi connectivity index (χ3v) is 5.76. The van der Waals surface area contributed by atoms with E-state index < -0.39 is 0 Å². The van der Waals surface area contributed by atoms with Crippen LogP contribution in [0, 0.1) is 0 Å². The van der Waals surface area contributed by atoms with Crippen molar-refractivity contribution in [2.24, 2.45) is 4.99 Å². The van der Waals surface area contributed by atoms with Crippen LogP contribution in [-0.4, -0.2) is 23.9 Å². The number of nitrogens with zero attached hydrogens (tertiary/aromatic N) is 3. The second kappa shape index (κ2) is 9.69. The number of aromatic nitrogens is 1. The standard InChI is InChI=1S/C26H31N3/c1-2-3-4-7-19-29-24-16-9-14-22-13-8-15-23(25(22)24)26(29)28-18-6-5-11-21-12-10-17-27-20-21/h8-10,12-17,20H,2-7,11,18-19H2,1H3. The lowest BCUT2D eigenvalue weighted by atomic mass is 10.1. The minimum Gasteiger partial charge on any atom is -0.326 e. The van der Waals surface area contributed by atoms with Gasteiger partial charge in [-0.3, -0.25) is 9.98 Å². The number of unbranched alkanes of at least 4 members (excludes halogenated alkanes) is 4. The second-order valence-corrected chi connectivity index (χ2v) is 7.92. The zero-order valence-electron chi connectivity index (χ0n) is 17.5. The smallest absolute Gasteiger partial charge is 0.136 e. The molecule has 1 aliphatic rings. The molecule has 3 aromatic rings. The van der Waals surface area contributed by atoms with Gasteiger partial charge in [-0.2, -0.15) is 0 Å². The number of rotatable bonds is 10. The van der Waals surface area contributed by atoms with E-state index in [-0.39, 0.29) is 0 Å². The highest BCUT2D eigenvalue weighted by atomic mass is 15.2. The van der Waals surface area contributed by atoms with Crippen molar-refractivity contribution in [2.45, 2.75) is 51.9 Å². The summed E-state index contributed by atoms with van der Waals surface area (Å²) in [7, 11) is 0. The summed E-state index contributed by atoms with van der Waals surface area (Å²) in [6.07, 6.45) is 12.2. The van der Waals surface area contributed by atoms with Gasteiger partial charge in [-0.15, -0.1) is 0 Å². The summed E-state index contributed by atoms with van der Waals surface area (Å²) in [5.41, 5.74) is 3.96.